The summed E-state index contributed by atoms with van der Waals surface area (Å²) in [5.74, 6) is 0.581. The highest BCUT2D eigenvalue weighted by Gasteiger charge is 2.25. The Labute approximate surface area is 139 Å². The van der Waals surface area contributed by atoms with E-state index in [-0.39, 0.29) is 11.6 Å². The molecule has 1 aliphatic heterocycles. The number of aromatic amines is 1. The van der Waals surface area contributed by atoms with Crippen molar-refractivity contribution in [1.82, 2.24) is 0 Å². The normalized spacial score (nSPS) is 14.2. The summed E-state index contributed by atoms with van der Waals surface area (Å²) in [5.41, 5.74) is 1.09. The minimum Gasteiger partial charge on any atom is -0.322 e. The zero-order valence-corrected chi connectivity index (χ0v) is 13.2. The fourth-order valence-electron chi connectivity index (χ4n) is 2.86. The first kappa shape index (κ1) is 15.9. The molecule has 2 heterocycles. The van der Waals surface area contributed by atoms with E-state index in [1.54, 1.807) is 12.1 Å². The molecular weight excluding hydrogens is 308 g/mol. The molecule has 1 aliphatic rings. The molecule has 2 N–H and O–H groups in total. The topological polar surface area (TPSA) is 89.6 Å². The van der Waals surface area contributed by atoms with E-state index in [0.717, 1.165) is 31.7 Å². The number of aromatic nitrogens is 1. The number of H-pyrrole nitrogens is 1. The van der Waals surface area contributed by atoms with Gasteiger partial charge in [0.15, 0.2) is 0 Å². The second-order valence-corrected chi connectivity index (χ2v) is 5.74. The number of non-ortho nitro benzene ring substituents is 1. The van der Waals surface area contributed by atoms with Crippen molar-refractivity contribution in [3.63, 3.8) is 0 Å². The number of nitro groups is 1. The molecule has 1 aromatic carbocycles. The summed E-state index contributed by atoms with van der Waals surface area (Å²) in [4.78, 5) is 28.2. The Morgan fingerprint density at radius 3 is 2.50 bits per heavy atom. The third-order valence-electron chi connectivity index (χ3n) is 4.09. The number of carbonyl (C=O) groups is 1. The third kappa shape index (κ3) is 3.51. The van der Waals surface area contributed by atoms with E-state index < -0.39 is 4.92 Å². The molecule has 0 radical (unpaired) electrons. The average Bonchev–Trinajstić information content (AvgIpc) is 2.63. The molecule has 24 heavy (non-hydrogen) atoms. The lowest BCUT2D eigenvalue weighted by Crippen LogP contribution is -2.36. The predicted octanol–water partition coefficient (Wildman–Crippen LogP) is 2.65. The van der Waals surface area contributed by atoms with Crippen LogP contribution in [0.1, 0.15) is 29.6 Å². The molecular formula is C17H19N4O3+. The predicted molar refractivity (Wildman–Crippen MR) is 90.1 cm³/mol. The Morgan fingerprint density at radius 2 is 1.83 bits per heavy atom. The second-order valence-electron chi connectivity index (χ2n) is 5.74. The molecule has 124 valence electrons. The molecule has 0 atom stereocenters. The zero-order chi connectivity index (χ0) is 16.9. The van der Waals surface area contributed by atoms with Gasteiger partial charge >= 0.3 is 0 Å². The van der Waals surface area contributed by atoms with Crippen molar-refractivity contribution < 1.29 is 14.7 Å². The number of nitrogens with zero attached hydrogens (tertiary/aromatic N) is 2. The molecule has 1 amide bonds. The van der Waals surface area contributed by atoms with Crippen molar-refractivity contribution in [1.29, 1.82) is 0 Å². The van der Waals surface area contributed by atoms with Gasteiger partial charge in [-0.1, -0.05) is 0 Å². The van der Waals surface area contributed by atoms with Crippen molar-refractivity contribution in [2.45, 2.75) is 19.3 Å². The van der Waals surface area contributed by atoms with Crippen LogP contribution in [0.3, 0.4) is 0 Å². The van der Waals surface area contributed by atoms with Crippen LogP contribution in [0.4, 0.5) is 17.2 Å². The van der Waals surface area contributed by atoms with Crippen LogP contribution < -0.4 is 15.2 Å². The highest BCUT2D eigenvalue weighted by Crippen LogP contribution is 2.21. The van der Waals surface area contributed by atoms with Gasteiger partial charge in [0.1, 0.15) is 5.56 Å². The Hall–Kier alpha value is -2.96. The molecule has 2 aromatic rings. The standard InChI is InChI=1S/C17H18N4O3/c22-17(19-13-6-8-14(9-7-13)21(23)24)15-5-4-10-18-16(15)20-11-2-1-3-12-20/h4-10H,1-3,11-12H2,(H,19,22)/p+1. The van der Waals surface area contributed by atoms with Crippen LogP contribution in [-0.4, -0.2) is 23.9 Å². The summed E-state index contributed by atoms with van der Waals surface area (Å²) in [6, 6.07) is 9.38. The highest BCUT2D eigenvalue weighted by atomic mass is 16.6. The van der Waals surface area contributed by atoms with Crippen LogP contribution in [0.25, 0.3) is 0 Å². The van der Waals surface area contributed by atoms with E-state index in [0.29, 0.717) is 11.3 Å². The van der Waals surface area contributed by atoms with Gasteiger partial charge in [-0.3, -0.25) is 19.8 Å². The van der Waals surface area contributed by atoms with Gasteiger partial charge < -0.3 is 5.32 Å². The number of piperidine rings is 1. The number of benzene rings is 1. The molecule has 0 spiro atoms. The van der Waals surface area contributed by atoms with Crippen LogP contribution in [-0.2, 0) is 0 Å². The number of carbonyl (C=O) groups excluding carboxylic acids is 1. The number of hydrogen-bond acceptors (Lipinski definition) is 4. The monoisotopic (exact) mass is 327 g/mol. The largest absolute Gasteiger partial charge is 0.322 e. The number of pyridine rings is 1. The van der Waals surface area contributed by atoms with Gasteiger partial charge in [0.2, 0.25) is 0 Å². The maximum Gasteiger partial charge on any atom is 0.287 e. The third-order valence-corrected chi connectivity index (χ3v) is 4.09. The van der Waals surface area contributed by atoms with Crippen molar-refractivity contribution >= 4 is 23.1 Å². The summed E-state index contributed by atoms with van der Waals surface area (Å²) >= 11 is 0. The Kier molecular flexibility index (Phi) is 4.69. The number of amides is 1. The van der Waals surface area contributed by atoms with Crippen LogP contribution in [0.5, 0.6) is 0 Å². The summed E-state index contributed by atoms with van der Waals surface area (Å²) in [6.07, 6.45) is 5.26. The van der Waals surface area contributed by atoms with E-state index in [2.05, 4.69) is 15.2 Å². The Balaban J connectivity index is 1.78. The Bertz CT molecular complexity index is 740. The molecule has 1 aromatic heterocycles. The number of anilines is 2. The quantitative estimate of drug-likeness (QED) is 0.690. The van der Waals surface area contributed by atoms with Crippen molar-refractivity contribution in [3.05, 3.63) is 58.3 Å². The van der Waals surface area contributed by atoms with E-state index in [1.165, 1.54) is 30.7 Å². The van der Waals surface area contributed by atoms with E-state index in [1.807, 2.05) is 6.20 Å². The first-order valence-corrected chi connectivity index (χ1v) is 7.96. The van der Waals surface area contributed by atoms with Gasteiger partial charge in [0.25, 0.3) is 17.4 Å². The van der Waals surface area contributed by atoms with Crippen LogP contribution in [0, 0.1) is 10.1 Å². The van der Waals surface area contributed by atoms with Gasteiger partial charge in [-0.15, -0.1) is 0 Å². The fourth-order valence-corrected chi connectivity index (χ4v) is 2.86. The minimum atomic E-state index is -0.466. The lowest BCUT2D eigenvalue weighted by atomic mass is 10.1. The van der Waals surface area contributed by atoms with Crippen LogP contribution >= 0.6 is 0 Å². The summed E-state index contributed by atoms with van der Waals surface area (Å²) < 4.78 is 0. The van der Waals surface area contributed by atoms with E-state index in [4.69, 9.17) is 0 Å². The van der Waals surface area contributed by atoms with Gasteiger partial charge in [-0.25, -0.2) is 4.98 Å². The number of nitro benzene ring substituents is 1. The van der Waals surface area contributed by atoms with Crippen molar-refractivity contribution in [3.8, 4) is 0 Å². The average molecular weight is 327 g/mol. The van der Waals surface area contributed by atoms with Gasteiger partial charge in [-0.05, 0) is 43.5 Å². The first-order valence-electron chi connectivity index (χ1n) is 7.96. The van der Waals surface area contributed by atoms with Crippen molar-refractivity contribution in [2.24, 2.45) is 0 Å². The number of hydrogen-bond donors (Lipinski definition) is 1. The zero-order valence-electron chi connectivity index (χ0n) is 13.2. The minimum absolute atomic E-state index is 0.00458. The molecule has 7 heteroatoms. The van der Waals surface area contributed by atoms with Crippen molar-refractivity contribution in [2.75, 3.05) is 23.3 Å². The maximum atomic E-state index is 12.6. The van der Waals surface area contributed by atoms with E-state index >= 15 is 0 Å². The molecule has 1 fully saturated rings. The first-order chi connectivity index (χ1) is 11.6. The number of rotatable bonds is 4. The lowest BCUT2D eigenvalue weighted by molar-refractivity contribution is -0.384. The molecule has 0 aliphatic carbocycles. The Morgan fingerprint density at radius 1 is 1.12 bits per heavy atom. The molecule has 0 unspecified atom stereocenters. The smallest absolute Gasteiger partial charge is 0.287 e. The molecule has 7 nitrogen and oxygen atoms in total. The van der Waals surface area contributed by atoms with Gasteiger partial charge in [-0.2, -0.15) is 0 Å². The second kappa shape index (κ2) is 7.08. The number of nitrogens with one attached hydrogen (secondary N) is 2. The van der Waals surface area contributed by atoms with Crippen LogP contribution in [0.2, 0.25) is 0 Å². The molecule has 1 saturated heterocycles. The maximum absolute atomic E-state index is 12.6. The molecule has 0 bridgehead atoms. The van der Waals surface area contributed by atoms with Gasteiger partial charge in [0.05, 0.1) is 24.2 Å². The molecule has 0 saturated carbocycles. The molecule has 3 rings (SSSR count). The van der Waals surface area contributed by atoms with Gasteiger partial charge in [0, 0.05) is 17.8 Å². The summed E-state index contributed by atoms with van der Waals surface area (Å²) in [6.45, 7) is 1.86. The summed E-state index contributed by atoms with van der Waals surface area (Å²) in [7, 11) is 0. The highest BCUT2D eigenvalue weighted by molar-refractivity contribution is 6.07. The SMILES string of the molecule is O=C(Nc1ccc([N+](=O)[O-])cc1)c1ccc[nH+]c1N1CCCCC1. The van der Waals surface area contributed by atoms with Crippen LogP contribution in [0.15, 0.2) is 42.6 Å². The van der Waals surface area contributed by atoms with E-state index in [9.17, 15) is 14.9 Å². The lowest BCUT2D eigenvalue weighted by Gasteiger charge is -2.22. The fraction of sp³-hybridized carbons (Fsp3) is 0.294. The summed E-state index contributed by atoms with van der Waals surface area (Å²) in [5, 5.41) is 13.5.